The first kappa shape index (κ1) is 16.4. The van der Waals surface area contributed by atoms with Gasteiger partial charge in [-0.1, -0.05) is 18.2 Å². The number of aryl methyl sites for hydroxylation is 1. The first-order valence-electron chi connectivity index (χ1n) is 8.63. The van der Waals surface area contributed by atoms with Crippen LogP contribution in [0.25, 0.3) is 11.0 Å². The third-order valence-electron chi connectivity index (χ3n) is 4.85. The maximum absolute atomic E-state index is 12.6. The van der Waals surface area contributed by atoms with Crippen molar-refractivity contribution in [1.29, 1.82) is 0 Å². The minimum atomic E-state index is -0.203. The van der Waals surface area contributed by atoms with Crippen LogP contribution in [0.4, 0.5) is 0 Å². The molecule has 6 nitrogen and oxygen atoms in total. The first-order valence-corrected chi connectivity index (χ1v) is 8.63. The van der Waals surface area contributed by atoms with E-state index in [-0.39, 0.29) is 11.8 Å². The van der Waals surface area contributed by atoms with Gasteiger partial charge in [0.05, 0.1) is 30.6 Å². The van der Waals surface area contributed by atoms with Crippen molar-refractivity contribution in [2.45, 2.75) is 13.0 Å². The first-order chi connectivity index (χ1) is 12.7. The molecule has 26 heavy (non-hydrogen) atoms. The number of nitrogens with one attached hydrogen (secondary N) is 1. The van der Waals surface area contributed by atoms with Crippen molar-refractivity contribution >= 4 is 16.9 Å². The molecule has 0 saturated carbocycles. The van der Waals surface area contributed by atoms with Gasteiger partial charge in [0, 0.05) is 13.1 Å². The second-order valence-electron chi connectivity index (χ2n) is 6.48. The summed E-state index contributed by atoms with van der Waals surface area (Å²) in [6.45, 7) is 0.768. The van der Waals surface area contributed by atoms with Crippen molar-refractivity contribution in [2.75, 3.05) is 13.7 Å². The Morgan fingerprint density at radius 3 is 3.00 bits per heavy atom. The van der Waals surface area contributed by atoms with E-state index in [4.69, 9.17) is 9.47 Å². The Morgan fingerprint density at radius 1 is 1.35 bits per heavy atom. The normalized spacial score (nSPS) is 16.0. The van der Waals surface area contributed by atoms with Crippen LogP contribution in [0.5, 0.6) is 11.5 Å². The Bertz CT molecular complexity index is 964. The van der Waals surface area contributed by atoms with Gasteiger partial charge in [-0.25, -0.2) is 4.98 Å². The number of fused-ring (bicyclic) bond motifs is 2. The number of carbonyl (C=O) groups is 1. The van der Waals surface area contributed by atoms with Crippen LogP contribution in [-0.4, -0.2) is 29.2 Å². The highest BCUT2D eigenvalue weighted by atomic mass is 16.5. The summed E-state index contributed by atoms with van der Waals surface area (Å²) in [4.78, 5) is 17.2. The van der Waals surface area contributed by atoms with Gasteiger partial charge in [-0.2, -0.15) is 0 Å². The second-order valence-corrected chi connectivity index (χ2v) is 6.48. The fourth-order valence-electron chi connectivity index (χ4n) is 3.31. The van der Waals surface area contributed by atoms with Crippen LogP contribution in [0.15, 0.2) is 42.5 Å². The summed E-state index contributed by atoms with van der Waals surface area (Å²) in [5.41, 5.74) is 3.02. The van der Waals surface area contributed by atoms with Gasteiger partial charge in [0.2, 0.25) is 5.91 Å². The van der Waals surface area contributed by atoms with E-state index in [9.17, 15) is 4.79 Å². The number of ether oxygens (including phenoxy) is 2. The van der Waals surface area contributed by atoms with Gasteiger partial charge >= 0.3 is 0 Å². The molecule has 134 valence electrons. The van der Waals surface area contributed by atoms with E-state index in [2.05, 4.69) is 10.3 Å². The van der Waals surface area contributed by atoms with Gasteiger partial charge < -0.3 is 19.4 Å². The molecule has 1 amide bonds. The third-order valence-corrected chi connectivity index (χ3v) is 4.85. The summed E-state index contributed by atoms with van der Waals surface area (Å²) in [6, 6.07) is 13.7. The fraction of sp³-hybridized carbons (Fsp3) is 0.300. The van der Waals surface area contributed by atoms with Crippen LogP contribution >= 0.6 is 0 Å². The summed E-state index contributed by atoms with van der Waals surface area (Å²) in [7, 11) is 3.59. The van der Waals surface area contributed by atoms with Crippen LogP contribution in [0, 0.1) is 5.92 Å². The molecular formula is C20H21N3O3. The summed E-state index contributed by atoms with van der Waals surface area (Å²) in [5.74, 6) is 2.17. The van der Waals surface area contributed by atoms with Crippen LogP contribution < -0.4 is 14.8 Å². The topological polar surface area (TPSA) is 65.4 Å². The predicted octanol–water partition coefficient (Wildman–Crippen LogP) is 2.45. The van der Waals surface area contributed by atoms with Gasteiger partial charge in [-0.3, -0.25) is 4.79 Å². The number of benzene rings is 2. The minimum absolute atomic E-state index is 0.0153. The molecular weight excluding hydrogens is 330 g/mol. The van der Waals surface area contributed by atoms with E-state index in [0.717, 1.165) is 33.9 Å². The Kier molecular flexibility index (Phi) is 4.24. The van der Waals surface area contributed by atoms with Crippen LogP contribution in [0.2, 0.25) is 0 Å². The highest BCUT2D eigenvalue weighted by Gasteiger charge is 2.26. The number of nitrogens with zero attached hydrogens (tertiary/aromatic N) is 2. The largest absolute Gasteiger partial charge is 0.497 e. The highest BCUT2D eigenvalue weighted by Crippen LogP contribution is 2.31. The molecule has 1 unspecified atom stereocenters. The number of imidazole rings is 1. The van der Waals surface area contributed by atoms with Crippen molar-refractivity contribution in [3.63, 3.8) is 0 Å². The Balaban J connectivity index is 1.42. The smallest absolute Gasteiger partial charge is 0.227 e. The van der Waals surface area contributed by atoms with Crippen LogP contribution in [0.1, 0.15) is 11.4 Å². The van der Waals surface area contributed by atoms with E-state index >= 15 is 0 Å². The van der Waals surface area contributed by atoms with Gasteiger partial charge in [0.25, 0.3) is 0 Å². The molecule has 1 aliphatic rings. The molecule has 6 heteroatoms. The molecule has 0 bridgehead atoms. The highest BCUT2D eigenvalue weighted by molar-refractivity contribution is 5.80. The zero-order valence-corrected chi connectivity index (χ0v) is 14.9. The molecule has 0 aliphatic carbocycles. The van der Waals surface area contributed by atoms with Crippen molar-refractivity contribution < 1.29 is 14.3 Å². The number of amides is 1. The average molecular weight is 351 g/mol. The third kappa shape index (κ3) is 2.98. The zero-order chi connectivity index (χ0) is 18.1. The number of hydrogen-bond acceptors (Lipinski definition) is 4. The van der Waals surface area contributed by atoms with E-state index < -0.39 is 0 Å². The number of hydrogen-bond donors (Lipinski definition) is 1. The molecule has 1 aromatic heterocycles. The Hall–Kier alpha value is -3.02. The molecule has 0 spiro atoms. The fourth-order valence-corrected chi connectivity index (χ4v) is 3.31. The summed E-state index contributed by atoms with van der Waals surface area (Å²) in [6.07, 6.45) is 0.660. The van der Waals surface area contributed by atoms with E-state index in [0.29, 0.717) is 19.6 Å². The van der Waals surface area contributed by atoms with Crippen molar-refractivity contribution in [1.82, 2.24) is 14.9 Å². The SMILES string of the molecule is COc1ccc2c(c1)OCC(C(=O)NCc1nc3ccccc3n1C)C2. The lowest BCUT2D eigenvalue weighted by Crippen LogP contribution is -2.37. The number of carbonyl (C=O) groups excluding carboxylic acids is 1. The van der Waals surface area contributed by atoms with Crippen LogP contribution in [-0.2, 0) is 24.8 Å². The van der Waals surface area contributed by atoms with Crippen molar-refractivity contribution in [3.05, 3.63) is 53.9 Å². The van der Waals surface area contributed by atoms with Gasteiger partial charge in [0.1, 0.15) is 23.9 Å². The second kappa shape index (κ2) is 6.71. The Morgan fingerprint density at radius 2 is 2.19 bits per heavy atom. The van der Waals surface area contributed by atoms with Gasteiger partial charge in [0.15, 0.2) is 0 Å². The molecule has 2 aromatic carbocycles. The predicted molar refractivity (Wildman–Crippen MR) is 98.2 cm³/mol. The van der Waals surface area contributed by atoms with Crippen LogP contribution in [0.3, 0.4) is 0 Å². The van der Waals surface area contributed by atoms with E-state index in [1.54, 1.807) is 7.11 Å². The molecule has 1 N–H and O–H groups in total. The van der Waals surface area contributed by atoms with Gasteiger partial charge in [-0.15, -0.1) is 0 Å². The van der Waals surface area contributed by atoms with Crippen molar-refractivity contribution in [2.24, 2.45) is 13.0 Å². The molecule has 0 fully saturated rings. The van der Waals surface area contributed by atoms with Crippen molar-refractivity contribution in [3.8, 4) is 11.5 Å². The molecule has 2 heterocycles. The molecule has 1 atom stereocenters. The van der Waals surface area contributed by atoms with E-state index in [1.807, 2.05) is 54.1 Å². The number of para-hydroxylation sites is 2. The maximum Gasteiger partial charge on any atom is 0.227 e. The van der Waals surface area contributed by atoms with E-state index in [1.165, 1.54) is 0 Å². The molecule has 4 rings (SSSR count). The summed E-state index contributed by atoms with van der Waals surface area (Å²) >= 11 is 0. The van der Waals surface area contributed by atoms with Gasteiger partial charge in [-0.05, 0) is 30.2 Å². The minimum Gasteiger partial charge on any atom is -0.497 e. The molecule has 0 radical (unpaired) electrons. The lowest BCUT2D eigenvalue weighted by atomic mass is 9.96. The molecule has 1 aliphatic heterocycles. The maximum atomic E-state index is 12.6. The Labute approximate surface area is 151 Å². The monoisotopic (exact) mass is 351 g/mol. The quantitative estimate of drug-likeness (QED) is 0.784. The molecule has 0 saturated heterocycles. The zero-order valence-electron chi connectivity index (χ0n) is 14.9. The number of rotatable bonds is 4. The lowest BCUT2D eigenvalue weighted by molar-refractivity contribution is -0.126. The lowest BCUT2D eigenvalue weighted by Gasteiger charge is -2.25. The summed E-state index contributed by atoms with van der Waals surface area (Å²) < 4.78 is 13.0. The standard InChI is InChI=1S/C20H21N3O3/c1-23-17-6-4-3-5-16(17)22-19(23)11-21-20(24)14-9-13-7-8-15(25-2)10-18(13)26-12-14/h3-8,10,14H,9,11-12H2,1-2H3,(H,21,24). The molecule has 3 aromatic rings. The average Bonchev–Trinajstić information content (AvgIpc) is 3.01. The number of methoxy groups -OCH3 is 1. The summed E-state index contributed by atoms with van der Waals surface area (Å²) in [5, 5.41) is 3.00. The number of aromatic nitrogens is 2.